The van der Waals surface area contributed by atoms with Gasteiger partial charge in [0, 0.05) is 5.69 Å². The maximum absolute atomic E-state index is 12.0. The third-order valence-electron chi connectivity index (χ3n) is 3.29. The normalized spacial score (nSPS) is 12.6. The lowest BCUT2D eigenvalue weighted by molar-refractivity contribution is -0.862. The van der Waals surface area contributed by atoms with Crippen LogP contribution in [0.15, 0.2) is 18.2 Å². The summed E-state index contributed by atoms with van der Waals surface area (Å²) in [6, 6.07) is 5.51. The quantitative estimate of drug-likeness (QED) is 0.708. The Balaban J connectivity index is 2.44. The monoisotopic (exact) mass is 332 g/mol. The van der Waals surface area contributed by atoms with Crippen LogP contribution in [0.25, 0.3) is 0 Å². The van der Waals surface area contributed by atoms with Crippen molar-refractivity contribution in [3.63, 3.8) is 0 Å². The molecule has 1 aromatic rings. The molecular weight excluding hydrogens is 311 g/mol. The molecule has 1 unspecified atom stereocenters. The minimum atomic E-state index is -4.44. The molecule has 23 heavy (non-hydrogen) atoms. The van der Waals surface area contributed by atoms with E-state index in [-0.39, 0.29) is 19.0 Å². The Kier molecular flexibility index (Phi) is 6.56. The molecule has 1 atom stereocenters. The third-order valence-corrected chi connectivity index (χ3v) is 3.29. The van der Waals surface area contributed by atoms with Crippen LogP contribution in [0.2, 0.25) is 0 Å². The standard InChI is InChI=1S/C15H20F3N3O2/c1-10-5-4-6-12(11(10)2)20-14(23)8-21(3)7-13(22)19-9-15(16,17)18/h4-6H,7-9H2,1-3H3,(H,19,22)(H,20,23)/p+1. The van der Waals surface area contributed by atoms with Gasteiger partial charge in [0.1, 0.15) is 6.54 Å². The molecule has 0 aliphatic rings. The van der Waals surface area contributed by atoms with Gasteiger partial charge in [-0.25, -0.2) is 0 Å². The zero-order valence-corrected chi connectivity index (χ0v) is 13.3. The largest absolute Gasteiger partial charge is 0.405 e. The fraction of sp³-hybridized carbons (Fsp3) is 0.467. The van der Waals surface area contributed by atoms with Crippen LogP contribution in [-0.2, 0) is 9.59 Å². The van der Waals surface area contributed by atoms with Gasteiger partial charge in [0.25, 0.3) is 11.8 Å². The highest BCUT2D eigenvalue weighted by molar-refractivity contribution is 5.92. The van der Waals surface area contributed by atoms with E-state index in [1.807, 2.05) is 26.0 Å². The van der Waals surface area contributed by atoms with Gasteiger partial charge >= 0.3 is 6.18 Å². The van der Waals surface area contributed by atoms with E-state index >= 15 is 0 Å². The molecule has 128 valence electrons. The summed E-state index contributed by atoms with van der Waals surface area (Å²) in [7, 11) is 1.57. The lowest BCUT2D eigenvalue weighted by atomic mass is 10.1. The summed E-state index contributed by atoms with van der Waals surface area (Å²) in [5, 5.41) is 4.52. The van der Waals surface area contributed by atoms with Gasteiger partial charge in [-0.2, -0.15) is 13.2 Å². The molecule has 1 aromatic carbocycles. The van der Waals surface area contributed by atoms with Crippen LogP contribution >= 0.6 is 0 Å². The second-order valence-corrected chi connectivity index (χ2v) is 5.50. The van der Waals surface area contributed by atoms with Crippen molar-refractivity contribution < 1.29 is 27.7 Å². The number of amides is 2. The molecule has 0 aliphatic carbocycles. The fourth-order valence-corrected chi connectivity index (χ4v) is 1.95. The summed E-state index contributed by atoms with van der Waals surface area (Å²) in [4.78, 5) is 23.8. The number of aryl methyl sites for hydroxylation is 1. The molecule has 0 aromatic heterocycles. The minimum Gasteiger partial charge on any atom is -0.342 e. The summed E-state index contributed by atoms with van der Waals surface area (Å²) >= 11 is 0. The highest BCUT2D eigenvalue weighted by Crippen LogP contribution is 2.17. The molecule has 0 bridgehead atoms. The van der Waals surface area contributed by atoms with Crippen LogP contribution in [0.5, 0.6) is 0 Å². The Morgan fingerprint density at radius 2 is 1.74 bits per heavy atom. The van der Waals surface area contributed by atoms with Gasteiger partial charge in [-0.15, -0.1) is 0 Å². The molecule has 8 heteroatoms. The number of alkyl halides is 3. The summed E-state index contributed by atoms with van der Waals surface area (Å²) in [5.41, 5.74) is 2.67. The molecule has 0 heterocycles. The number of halogens is 3. The zero-order valence-electron chi connectivity index (χ0n) is 13.3. The number of hydrogen-bond donors (Lipinski definition) is 3. The maximum atomic E-state index is 12.0. The number of hydrogen-bond acceptors (Lipinski definition) is 2. The first-order chi connectivity index (χ1) is 10.6. The number of rotatable bonds is 6. The van der Waals surface area contributed by atoms with E-state index in [1.54, 1.807) is 18.4 Å². The van der Waals surface area contributed by atoms with E-state index in [0.717, 1.165) is 11.1 Å². The Morgan fingerprint density at radius 1 is 1.13 bits per heavy atom. The number of benzene rings is 1. The van der Waals surface area contributed by atoms with Gasteiger partial charge in [-0.3, -0.25) is 9.59 Å². The van der Waals surface area contributed by atoms with Crippen molar-refractivity contribution >= 4 is 17.5 Å². The highest BCUT2D eigenvalue weighted by atomic mass is 19.4. The van der Waals surface area contributed by atoms with Gasteiger partial charge in [-0.1, -0.05) is 12.1 Å². The molecule has 0 saturated heterocycles. The van der Waals surface area contributed by atoms with Gasteiger partial charge in [0.05, 0.1) is 7.05 Å². The van der Waals surface area contributed by atoms with E-state index in [1.165, 1.54) is 0 Å². The molecular formula is C15H21F3N3O2+. The van der Waals surface area contributed by atoms with Crippen molar-refractivity contribution in [2.75, 3.05) is 32.0 Å². The van der Waals surface area contributed by atoms with Gasteiger partial charge in [-0.05, 0) is 31.0 Å². The number of quaternary nitrogens is 1. The summed E-state index contributed by atoms with van der Waals surface area (Å²) in [6.45, 7) is 2.20. The van der Waals surface area contributed by atoms with Crippen molar-refractivity contribution in [3.05, 3.63) is 29.3 Å². The number of nitrogens with one attached hydrogen (secondary N) is 3. The van der Waals surface area contributed by atoms with E-state index in [0.29, 0.717) is 10.6 Å². The first-order valence-electron chi connectivity index (χ1n) is 7.09. The van der Waals surface area contributed by atoms with Crippen LogP contribution in [0.4, 0.5) is 18.9 Å². The van der Waals surface area contributed by atoms with E-state index < -0.39 is 18.6 Å². The predicted molar refractivity (Wildman–Crippen MR) is 80.2 cm³/mol. The molecule has 1 rings (SSSR count). The predicted octanol–water partition coefficient (Wildman–Crippen LogP) is 0.435. The van der Waals surface area contributed by atoms with E-state index in [2.05, 4.69) is 5.32 Å². The Labute approximate surface area is 132 Å². The Bertz CT molecular complexity index is 574. The molecule has 3 N–H and O–H groups in total. The first kappa shape index (κ1) is 19.0. The third kappa shape index (κ3) is 7.14. The summed E-state index contributed by atoms with van der Waals surface area (Å²) in [5.74, 6) is -1.06. The van der Waals surface area contributed by atoms with Crippen LogP contribution in [0.1, 0.15) is 11.1 Å². The van der Waals surface area contributed by atoms with Crippen molar-refractivity contribution in [3.8, 4) is 0 Å². The number of anilines is 1. The lowest BCUT2D eigenvalue weighted by Gasteiger charge is -2.15. The Hall–Kier alpha value is -2.09. The maximum Gasteiger partial charge on any atom is 0.405 e. The highest BCUT2D eigenvalue weighted by Gasteiger charge is 2.28. The van der Waals surface area contributed by atoms with Gasteiger partial charge in [0.15, 0.2) is 13.1 Å². The average molecular weight is 332 g/mol. The Morgan fingerprint density at radius 3 is 2.35 bits per heavy atom. The van der Waals surface area contributed by atoms with Crippen LogP contribution in [-0.4, -0.2) is 44.7 Å². The van der Waals surface area contributed by atoms with Gasteiger partial charge < -0.3 is 15.5 Å². The first-order valence-corrected chi connectivity index (χ1v) is 7.09. The van der Waals surface area contributed by atoms with E-state index in [4.69, 9.17) is 0 Å². The fourth-order valence-electron chi connectivity index (χ4n) is 1.95. The van der Waals surface area contributed by atoms with Crippen molar-refractivity contribution in [1.82, 2.24) is 5.32 Å². The van der Waals surface area contributed by atoms with Gasteiger partial charge in [0.2, 0.25) is 0 Å². The topological polar surface area (TPSA) is 62.6 Å². The molecule has 2 amide bonds. The van der Waals surface area contributed by atoms with E-state index in [9.17, 15) is 22.8 Å². The summed E-state index contributed by atoms with van der Waals surface area (Å²) in [6.07, 6.45) is -4.44. The molecule has 0 aliphatic heterocycles. The van der Waals surface area contributed by atoms with Crippen LogP contribution < -0.4 is 15.5 Å². The zero-order chi connectivity index (χ0) is 17.6. The number of carbonyl (C=O) groups excluding carboxylic acids is 2. The van der Waals surface area contributed by atoms with Crippen LogP contribution in [0.3, 0.4) is 0 Å². The SMILES string of the molecule is Cc1cccc(NC(=O)C[NH+](C)CC(=O)NCC(F)(F)F)c1C. The summed E-state index contributed by atoms with van der Waals surface area (Å²) < 4.78 is 36.0. The molecule has 0 fully saturated rings. The second-order valence-electron chi connectivity index (χ2n) is 5.50. The lowest BCUT2D eigenvalue weighted by Crippen LogP contribution is -3.11. The number of carbonyl (C=O) groups is 2. The number of likely N-dealkylation sites (N-methyl/N-ethyl adjacent to an activating group) is 1. The van der Waals surface area contributed by atoms with Crippen molar-refractivity contribution in [1.29, 1.82) is 0 Å². The molecule has 0 spiro atoms. The smallest absolute Gasteiger partial charge is 0.342 e. The molecule has 5 nitrogen and oxygen atoms in total. The van der Waals surface area contributed by atoms with Crippen molar-refractivity contribution in [2.24, 2.45) is 0 Å². The van der Waals surface area contributed by atoms with Crippen LogP contribution in [0, 0.1) is 13.8 Å². The average Bonchev–Trinajstić information content (AvgIpc) is 2.40. The minimum absolute atomic E-state index is 0.0210. The molecule has 0 saturated carbocycles. The van der Waals surface area contributed by atoms with Crippen molar-refractivity contribution in [2.45, 2.75) is 20.0 Å². The molecule has 0 radical (unpaired) electrons. The second kappa shape index (κ2) is 7.96.